The molecule has 2 rings (SSSR count). The second-order valence-electron chi connectivity index (χ2n) is 5.74. The molecule has 1 aromatic carbocycles. The summed E-state index contributed by atoms with van der Waals surface area (Å²) in [6.07, 6.45) is 2.51. The van der Waals surface area contributed by atoms with Crippen LogP contribution in [0.1, 0.15) is 25.3 Å². The summed E-state index contributed by atoms with van der Waals surface area (Å²) >= 11 is 3.59. The van der Waals surface area contributed by atoms with E-state index in [0.29, 0.717) is 0 Å². The summed E-state index contributed by atoms with van der Waals surface area (Å²) in [5.41, 5.74) is 2.79. The molecule has 0 atom stereocenters. The Labute approximate surface area is 131 Å². The molecule has 4 heteroatoms. The summed E-state index contributed by atoms with van der Waals surface area (Å²) < 4.78 is 1.16. The van der Waals surface area contributed by atoms with E-state index in [1.54, 1.807) is 0 Å². The minimum atomic E-state index is 0.735. The van der Waals surface area contributed by atoms with Crippen LogP contribution in [0.3, 0.4) is 0 Å². The fraction of sp³-hybridized carbons (Fsp3) is 0.625. The molecule has 1 aliphatic rings. The van der Waals surface area contributed by atoms with Gasteiger partial charge in [0.15, 0.2) is 0 Å². The van der Waals surface area contributed by atoms with E-state index < -0.39 is 0 Å². The zero-order valence-electron chi connectivity index (χ0n) is 12.8. The molecule has 0 aromatic heterocycles. The third-order valence-electron chi connectivity index (χ3n) is 4.14. The Morgan fingerprint density at radius 1 is 1.30 bits per heavy atom. The van der Waals surface area contributed by atoms with Crippen molar-refractivity contribution >= 4 is 21.6 Å². The number of benzene rings is 1. The van der Waals surface area contributed by atoms with Crippen molar-refractivity contribution in [3.63, 3.8) is 0 Å². The van der Waals surface area contributed by atoms with Crippen LogP contribution in [0.4, 0.5) is 5.69 Å². The smallest absolute Gasteiger partial charge is 0.0412 e. The van der Waals surface area contributed by atoms with Crippen molar-refractivity contribution in [3.05, 3.63) is 28.2 Å². The summed E-state index contributed by atoms with van der Waals surface area (Å²) in [4.78, 5) is 4.90. The standard InChI is InChI=1S/C16H26BrN3/c1-4-18-12-13-11-14(17)5-6-16(13)20-9-7-15(8-10-20)19(2)3/h5-6,11,15,18H,4,7-10,12H2,1-3H3. The quantitative estimate of drug-likeness (QED) is 0.889. The first-order valence-corrected chi connectivity index (χ1v) is 8.31. The van der Waals surface area contributed by atoms with Gasteiger partial charge in [0.25, 0.3) is 0 Å². The highest BCUT2D eigenvalue weighted by molar-refractivity contribution is 9.10. The van der Waals surface area contributed by atoms with Crippen LogP contribution in [0.5, 0.6) is 0 Å². The highest BCUT2D eigenvalue weighted by Gasteiger charge is 2.22. The number of nitrogens with one attached hydrogen (secondary N) is 1. The summed E-state index contributed by atoms with van der Waals surface area (Å²) in [6, 6.07) is 7.39. The summed E-state index contributed by atoms with van der Waals surface area (Å²) in [5, 5.41) is 3.44. The lowest BCUT2D eigenvalue weighted by atomic mass is 10.0. The van der Waals surface area contributed by atoms with Crippen molar-refractivity contribution < 1.29 is 0 Å². The van der Waals surface area contributed by atoms with E-state index in [0.717, 1.165) is 36.7 Å². The molecule has 1 heterocycles. The number of hydrogen-bond donors (Lipinski definition) is 1. The van der Waals surface area contributed by atoms with Gasteiger partial charge in [-0.05, 0) is 57.2 Å². The van der Waals surface area contributed by atoms with Gasteiger partial charge in [0.1, 0.15) is 0 Å². The van der Waals surface area contributed by atoms with E-state index in [-0.39, 0.29) is 0 Å². The molecule has 1 saturated heterocycles. The van der Waals surface area contributed by atoms with Gasteiger partial charge in [0.05, 0.1) is 0 Å². The van der Waals surface area contributed by atoms with Crippen molar-refractivity contribution in [2.24, 2.45) is 0 Å². The molecule has 0 spiro atoms. The lowest BCUT2D eigenvalue weighted by molar-refractivity contribution is 0.249. The lowest BCUT2D eigenvalue weighted by Crippen LogP contribution is -2.42. The van der Waals surface area contributed by atoms with Gasteiger partial charge in [-0.15, -0.1) is 0 Å². The second kappa shape index (κ2) is 7.43. The van der Waals surface area contributed by atoms with Crippen LogP contribution in [0.2, 0.25) is 0 Å². The fourth-order valence-corrected chi connectivity index (χ4v) is 3.30. The molecule has 1 N–H and O–H groups in total. The molecule has 20 heavy (non-hydrogen) atoms. The minimum absolute atomic E-state index is 0.735. The van der Waals surface area contributed by atoms with Gasteiger partial charge < -0.3 is 15.1 Å². The third-order valence-corrected chi connectivity index (χ3v) is 4.64. The average molecular weight is 340 g/mol. The normalized spacial score (nSPS) is 16.9. The van der Waals surface area contributed by atoms with E-state index in [1.165, 1.54) is 24.1 Å². The number of nitrogens with zero attached hydrogens (tertiary/aromatic N) is 2. The number of halogens is 1. The minimum Gasteiger partial charge on any atom is -0.371 e. The molecule has 0 aliphatic carbocycles. The summed E-state index contributed by atoms with van der Waals surface area (Å²) in [7, 11) is 4.38. The van der Waals surface area contributed by atoms with Gasteiger partial charge in [-0.25, -0.2) is 0 Å². The summed E-state index contributed by atoms with van der Waals surface area (Å²) in [6.45, 7) is 6.42. The number of piperidine rings is 1. The molecule has 1 aromatic rings. The molecule has 3 nitrogen and oxygen atoms in total. The lowest BCUT2D eigenvalue weighted by Gasteiger charge is -2.37. The van der Waals surface area contributed by atoms with E-state index >= 15 is 0 Å². The van der Waals surface area contributed by atoms with Crippen molar-refractivity contribution in [2.45, 2.75) is 32.4 Å². The molecule has 0 unspecified atom stereocenters. The number of rotatable bonds is 5. The van der Waals surface area contributed by atoms with Crippen LogP contribution >= 0.6 is 15.9 Å². The maximum atomic E-state index is 3.59. The number of hydrogen-bond acceptors (Lipinski definition) is 3. The largest absolute Gasteiger partial charge is 0.371 e. The second-order valence-corrected chi connectivity index (χ2v) is 6.65. The Kier molecular flexibility index (Phi) is 5.87. The Morgan fingerprint density at radius 3 is 2.60 bits per heavy atom. The molecule has 1 aliphatic heterocycles. The van der Waals surface area contributed by atoms with Crippen molar-refractivity contribution in [2.75, 3.05) is 38.6 Å². The molecule has 0 amide bonds. The van der Waals surface area contributed by atoms with Gasteiger partial charge in [-0.1, -0.05) is 22.9 Å². The Balaban J connectivity index is 2.08. The van der Waals surface area contributed by atoms with Gasteiger partial charge in [0.2, 0.25) is 0 Å². The first-order valence-electron chi connectivity index (χ1n) is 7.52. The van der Waals surface area contributed by atoms with Crippen LogP contribution < -0.4 is 10.2 Å². The topological polar surface area (TPSA) is 18.5 Å². The zero-order chi connectivity index (χ0) is 14.5. The van der Waals surface area contributed by atoms with E-state index in [1.807, 2.05) is 0 Å². The molecule has 0 bridgehead atoms. The van der Waals surface area contributed by atoms with E-state index in [4.69, 9.17) is 0 Å². The Hall–Kier alpha value is -0.580. The van der Waals surface area contributed by atoms with E-state index in [9.17, 15) is 0 Å². The van der Waals surface area contributed by atoms with Gasteiger partial charge in [-0.2, -0.15) is 0 Å². The molecule has 0 saturated carbocycles. The van der Waals surface area contributed by atoms with Gasteiger partial charge in [-0.3, -0.25) is 0 Å². The molecular formula is C16H26BrN3. The monoisotopic (exact) mass is 339 g/mol. The van der Waals surface area contributed by atoms with Crippen LogP contribution in [0, 0.1) is 0 Å². The predicted molar refractivity (Wildman–Crippen MR) is 90.4 cm³/mol. The molecule has 0 radical (unpaired) electrons. The molecule has 1 fully saturated rings. The number of anilines is 1. The highest BCUT2D eigenvalue weighted by Crippen LogP contribution is 2.28. The van der Waals surface area contributed by atoms with Crippen molar-refractivity contribution in [1.82, 2.24) is 10.2 Å². The maximum absolute atomic E-state index is 3.59. The van der Waals surface area contributed by atoms with Crippen LogP contribution in [0.15, 0.2) is 22.7 Å². The van der Waals surface area contributed by atoms with Gasteiger partial charge in [0, 0.05) is 35.8 Å². The van der Waals surface area contributed by atoms with Crippen molar-refractivity contribution in [1.29, 1.82) is 0 Å². The van der Waals surface area contributed by atoms with Crippen LogP contribution in [-0.2, 0) is 6.54 Å². The SMILES string of the molecule is CCNCc1cc(Br)ccc1N1CCC(N(C)C)CC1. The first kappa shape index (κ1) is 15.8. The maximum Gasteiger partial charge on any atom is 0.0412 e. The van der Waals surface area contributed by atoms with Crippen LogP contribution in [0.25, 0.3) is 0 Å². The van der Waals surface area contributed by atoms with Gasteiger partial charge >= 0.3 is 0 Å². The highest BCUT2D eigenvalue weighted by atomic mass is 79.9. The molecule has 112 valence electrons. The van der Waals surface area contributed by atoms with Crippen molar-refractivity contribution in [3.8, 4) is 0 Å². The third kappa shape index (κ3) is 3.96. The predicted octanol–water partition coefficient (Wildman–Crippen LogP) is 3.09. The van der Waals surface area contributed by atoms with Crippen LogP contribution in [-0.4, -0.2) is 44.7 Å². The fourth-order valence-electron chi connectivity index (χ4n) is 2.89. The first-order chi connectivity index (χ1) is 9.61. The zero-order valence-corrected chi connectivity index (χ0v) is 14.4. The van der Waals surface area contributed by atoms with E-state index in [2.05, 4.69) is 70.3 Å². The average Bonchev–Trinajstić information content (AvgIpc) is 2.45. The Bertz CT molecular complexity index is 426. The summed E-state index contributed by atoms with van der Waals surface area (Å²) in [5.74, 6) is 0. The Morgan fingerprint density at radius 2 is 2.00 bits per heavy atom. The molecular weight excluding hydrogens is 314 g/mol.